The van der Waals surface area contributed by atoms with Crippen LogP contribution in [0.4, 0.5) is 0 Å². The predicted octanol–water partition coefficient (Wildman–Crippen LogP) is -0.326. The van der Waals surface area contributed by atoms with Gasteiger partial charge in [0.15, 0.2) is 0 Å². The zero-order chi connectivity index (χ0) is 13.9. The molecule has 0 amide bonds. The Morgan fingerprint density at radius 2 is 2.11 bits per heavy atom. The zero-order valence-corrected chi connectivity index (χ0v) is 11.1. The number of ether oxygens (including phenoxy) is 1. The first-order valence-electron chi connectivity index (χ1n) is 5.59. The molecule has 1 aliphatic heterocycles. The number of sulfonamides is 1. The molecular formula is C10H17NO6S. The average Bonchev–Trinajstić information content (AvgIpc) is 2.76. The summed E-state index contributed by atoms with van der Waals surface area (Å²) in [6, 6.07) is -1.01. The van der Waals surface area contributed by atoms with Crippen LogP contribution in [0.2, 0.25) is 0 Å². The van der Waals surface area contributed by atoms with Crippen molar-refractivity contribution in [3.63, 3.8) is 0 Å². The maximum atomic E-state index is 12.0. The van der Waals surface area contributed by atoms with Gasteiger partial charge in [0.05, 0.1) is 18.8 Å². The summed E-state index contributed by atoms with van der Waals surface area (Å²) in [6.07, 6.45) is 0.823. The number of carboxylic acid groups (broad SMARTS) is 1. The summed E-state index contributed by atoms with van der Waals surface area (Å²) < 4.78 is 29.5. The topological polar surface area (TPSA) is 101 Å². The number of hydrogen-bond donors (Lipinski definition) is 1. The molecular weight excluding hydrogens is 262 g/mol. The monoisotopic (exact) mass is 279 g/mol. The van der Waals surface area contributed by atoms with Gasteiger partial charge in [-0.2, -0.15) is 4.31 Å². The van der Waals surface area contributed by atoms with E-state index in [0.29, 0.717) is 12.8 Å². The number of carbonyl (C=O) groups excluding carboxylic acids is 1. The molecule has 1 unspecified atom stereocenters. The molecule has 7 nitrogen and oxygen atoms in total. The van der Waals surface area contributed by atoms with Crippen molar-refractivity contribution in [1.29, 1.82) is 0 Å². The molecule has 1 saturated heterocycles. The average molecular weight is 279 g/mol. The normalized spacial score (nSPS) is 22.7. The van der Waals surface area contributed by atoms with Crippen LogP contribution in [0.1, 0.15) is 19.8 Å². The standard InChI is InChI=1S/C10H17NO6S/c1-7(10(14)17-2)6-18(15,16)11-5-3-4-8(11)9(12)13/h7-8H,3-6H2,1-2H3,(H,12,13)/t7?,8-/m0/s1. The molecule has 1 heterocycles. The molecule has 104 valence electrons. The summed E-state index contributed by atoms with van der Waals surface area (Å²) in [5.41, 5.74) is 0. The second-order valence-electron chi connectivity index (χ2n) is 4.31. The lowest BCUT2D eigenvalue weighted by molar-refractivity contribution is -0.144. The van der Waals surface area contributed by atoms with Crippen LogP contribution < -0.4 is 0 Å². The highest BCUT2D eigenvalue weighted by Crippen LogP contribution is 2.22. The van der Waals surface area contributed by atoms with Crippen molar-refractivity contribution in [2.24, 2.45) is 5.92 Å². The molecule has 18 heavy (non-hydrogen) atoms. The summed E-state index contributed by atoms with van der Waals surface area (Å²) in [4.78, 5) is 22.1. The fourth-order valence-electron chi connectivity index (χ4n) is 2.00. The number of rotatable bonds is 5. The van der Waals surface area contributed by atoms with Gasteiger partial charge in [-0.25, -0.2) is 8.42 Å². The Balaban J connectivity index is 2.80. The molecule has 1 aliphatic rings. The minimum Gasteiger partial charge on any atom is -0.480 e. The minimum atomic E-state index is -3.76. The van der Waals surface area contributed by atoms with Crippen molar-refractivity contribution in [3.8, 4) is 0 Å². The van der Waals surface area contributed by atoms with E-state index in [1.807, 2.05) is 0 Å². The maximum Gasteiger partial charge on any atom is 0.322 e. The van der Waals surface area contributed by atoms with Crippen LogP contribution in [0, 0.1) is 5.92 Å². The quantitative estimate of drug-likeness (QED) is 0.692. The first-order valence-corrected chi connectivity index (χ1v) is 7.20. The largest absolute Gasteiger partial charge is 0.480 e. The van der Waals surface area contributed by atoms with Gasteiger partial charge in [-0.1, -0.05) is 6.92 Å². The van der Waals surface area contributed by atoms with Crippen LogP contribution in [-0.4, -0.2) is 55.2 Å². The Labute approximate surface area is 106 Å². The van der Waals surface area contributed by atoms with Crippen molar-refractivity contribution >= 4 is 22.0 Å². The number of esters is 1. The third-order valence-corrected chi connectivity index (χ3v) is 4.98. The smallest absolute Gasteiger partial charge is 0.322 e. The summed E-state index contributed by atoms with van der Waals surface area (Å²) >= 11 is 0. The molecule has 0 bridgehead atoms. The van der Waals surface area contributed by atoms with Crippen LogP contribution in [0.15, 0.2) is 0 Å². The molecule has 0 aromatic carbocycles. The van der Waals surface area contributed by atoms with E-state index in [1.54, 1.807) is 0 Å². The van der Waals surface area contributed by atoms with E-state index in [-0.39, 0.29) is 6.54 Å². The molecule has 1 N–H and O–H groups in total. The van der Waals surface area contributed by atoms with Crippen molar-refractivity contribution in [1.82, 2.24) is 4.31 Å². The Hall–Kier alpha value is -1.15. The molecule has 0 saturated carbocycles. The first-order chi connectivity index (χ1) is 8.29. The Morgan fingerprint density at radius 1 is 1.50 bits per heavy atom. The molecule has 1 fully saturated rings. The van der Waals surface area contributed by atoms with Crippen molar-refractivity contribution < 1.29 is 27.9 Å². The van der Waals surface area contributed by atoms with Gasteiger partial charge in [-0.05, 0) is 12.8 Å². The van der Waals surface area contributed by atoms with Crippen LogP contribution in [0.25, 0.3) is 0 Å². The second-order valence-corrected chi connectivity index (χ2v) is 6.28. The van der Waals surface area contributed by atoms with Crippen LogP contribution in [0.3, 0.4) is 0 Å². The molecule has 1 rings (SSSR count). The number of carboxylic acids is 1. The van der Waals surface area contributed by atoms with Crippen molar-refractivity contribution in [2.75, 3.05) is 19.4 Å². The second kappa shape index (κ2) is 5.66. The van der Waals surface area contributed by atoms with Gasteiger partial charge in [0.25, 0.3) is 0 Å². The van der Waals surface area contributed by atoms with E-state index in [4.69, 9.17) is 5.11 Å². The number of hydrogen-bond acceptors (Lipinski definition) is 5. The van der Waals surface area contributed by atoms with Crippen molar-refractivity contribution in [2.45, 2.75) is 25.8 Å². The first kappa shape index (κ1) is 14.9. The van der Waals surface area contributed by atoms with E-state index in [2.05, 4.69) is 4.74 Å². The van der Waals surface area contributed by atoms with E-state index in [1.165, 1.54) is 14.0 Å². The van der Waals surface area contributed by atoms with Crippen LogP contribution in [-0.2, 0) is 24.3 Å². The number of aliphatic carboxylic acids is 1. The van der Waals surface area contributed by atoms with E-state index >= 15 is 0 Å². The highest BCUT2D eigenvalue weighted by Gasteiger charge is 2.39. The third kappa shape index (κ3) is 3.20. The molecule has 8 heteroatoms. The molecule has 0 radical (unpaired) electrons. The number of methoxy groups -OCH3 is 1. The number of nitrogens with zero attached hydrogens (tertiary/aromatic N) is 1. The van der Waals surface area contributed by atoms with Crippen LogP contribution in [0.5, 0.6) is 0 Å². The predicted molar refractivity (Wildman–Crippen MR) is 62.3 cm³/mol. The Bertz CT molecular complexity index is 432. The van der Waals surface area contributed by atoms with Crippen LogP contribution >= 0.6 is 0 Å². The molecule has 0 aliphatic carbocycles. The van der Waals surface area contributed by atoms with E-state index in [9.17, 15) is 18.0 Å². The molecule has 0 aromatic heterocycles. The lowest BCUT2D eigenvalue weighted by Gasteiger charge is -2.22. The fourth-order valence-corrected chi connectivity index (χ4v) is 3.95. The third-order valence-electron chi connectivity index (χ3n) is 2.91. The fraction of sp³-hybridized carbons (Fsp3) is 0.800. The highest BCUT2D eigenvalue weighted by molar-refractivity contribution is 7.89. The summed E-state index contributed by atoms with van der Waals surface area (Å²) in [6.45, 7) is 1.63. The number of carbonyl (C=O) groups is 2. The lowest BCUT2D eigenvalue weighted by atomic mass is 10.2. The SMILES string of the molecule is COC(=O)C(C)CS(=O)(=O)N1CCC[C@H]1C(=O)O. The van der Waals surface area contributed by atoms with Gasteiger partial charge >= 0.3 is 11.9 Å². The highest BCUT2D eigenvalue weighted by atomic mass is 32.2. The van der Waals surface area contributed by atoms with E-state index in [0.717, 1.165) is 4.31 Å². The van der Waals surface area contributed by atoms with Gasteiger partial charge in [-0.3, -0.25) is 9.59 Å². The van der Waals surface area contributed by atoms with Gasteiger partial charge in [0.2, 0.25) is 10.0 Å². The molecule has 2 atom stereocenters. The Kier molecular flexibility index (Phi) is 4.69. The summed E-state index contributed by atoms with van der Waals surface area (Å²) in [5, 5.41) is 8.94. The molecule has 0 aromatic rings. The van der Waals surface area contributed by atoms with Crippen molar-refractivity contribution in [3.05, 3.63) is 0 Å². The van der Waals surface area contributed by atoms with Gasteiger partial charge in [-0.15, -0.1) is 0 Å². The van der Waals surface area contributed by atoms with Gasteiger partial charge < -0.3 is 9.84 Å². The van der Waals surface area contributed by atoms with Gasteiger partial charge in [0.1, 0.15) is 6.04 Å². The maximum absolute atomic E-state index is 12.0. The zero-order valence-electron chi connectivity index (χ0n) is 10.3. The lowest BCUT2D eigenvalue weighted by Crippen LogP contribution is -2.43. The summed E-state index contributed by atoms with van der Waals surface area (Å²) in [5.74, 6) is -3.01. The molecule has 0 spiro atoms. The van der Waals surface area contributed by atoms with Gasteiger partial charge in [0, 0.05) is 6.54 Å². The minimum absolute atomic E-state index is 0.188. The Morgan fingerprint density at radius 3 is 2.61 bits per heavy atom. The van der Waals surface area contributed by atoms with E-state index < -0.39 is 39.7 Å². The summed E-state index contributed by atoms with van der Waals surface area (Å²) in [7, 11) is -2.57.